The molecule has 0 aromatic heterocycles. The van der Waals surface area contributed by atoms with Crippen LogP contribution >= 0.6 is 12.4 Å². The van der Waals surface area contributed by atoms with Gasteiger partial charge in [-0.25, -0.2) is 4.39 Å². The molecule has 13 heavy (non-hydrogen) atoms. The molecule has 1 aromatic rings. The first kappa shape index (κ1) is 12.2. The molecule has 0 fully saturated rings. The van der Waals surface area contributed by atoms with Gasteiger partial charge in [-0.05, 0) is 13.0 Å². The van der Waals surface area contributed by atoms with E-state index in [1.165, 1.54) is 13.2 Å². The summed E-state index contributed by atoms with van der Waals surface area (Å²) in [6.45, 7) is 1.74. The molecule has 0 spiro atoms. The summed E-state index contributed by atoms with van der Waals surface area (Å²) < 4.78 is 18.0. The molecule has 74 valence electrons. The molecule has 0 radical (unpaired) electrons. The van der Waals surface area contributed by atoms with E-state index in [0.29, 0.717) is 11.3 Å². The Bertz CT molecular complexity index is 278. The van der Waals surface area contributed by atoms with Crippen LogP contribution in [0.25, 0.3) is 0 Å². The molecule has 0 aliphatic rings. The van der Waals surface area contributed by atoms with Crippen LogP contribution in [0.15, 0.2) is 18.2 Å². The van der Waals surface area contributed by atoms with Crippen LogP contribution in [-0.2, 0) is 0 Å². The van der Waals surface area contributed by atoms with Crippen molar-refractivity contribution in [3.8, 4) is 5.75 Å². The molecule has 1 atom stereocenters. The van der Waals surface area contributed by atoms with E-state index in [9.17, 15) is 4.39 Å². The molecule has 0 aliphatic carbocycles. The first-order valence-electron chi connectivity index (χ1n) is 3.74. The van der Waals surface area contributed by atoms with E-state index in [0.717, 1.165) is 0 Å². The van der Waals surface area contributed by atoms with Crippen LogP contribution < -0.4 is 10.5 Å². The van der Waals surface area contributed by atoms with E-state index in [1.54, 1.807) is 19.1 Å². The first-order chi connectivity index (χ1) is 5.65. The van der Waals surface area contributed by atoms with E-state index in [2.05, 4.69) is 0 Å². The molecule has 4 heteroatoms. The van der Waals surface area contributed by atoms with Crippen LogP contribution in [0.4, 0.5) is 4.39 Å². The number of halogens is 2. The van der Waals surface area contributed by atoms with Gasteiger partial charge < -0.3 is 10.5 Å². The fourth-order valence-electron chi connectivity index (χ4n) is 1.00. The highest BCUT2D eigenvalue weighted by atomic mass is 35.5. The standard InChI is InChI=1S/C9H12FNO.ClH/c1-6(11)8-4-3-7(12-2)5-9(8)10;/h3-6H,11H2,1-2H3;1H/t6-;/m0./s1. The molecule has 0 saturated carbocycles. The fourth-order valence-corrected chi connectivity index (χ4v) is 1.00. The Kier molecular flexibility index (Phi) is 4.73. The van der Waals surface area contributed by atoms with Crippen molar-refractivity contribution in [2.75, 3.05) is 7.11 Å². The Hall–Kier alpha value is -0.800. The molecule has 0 unspecified atom stereocenters. The number of ether oxygens (including phenoxy) is 1. The smallest absolute Gasteiger partial charge is 0.131 e. The summed E-state index contributed by atoms with van der Waals surface area (Å²) in [5.41, 5.74) is 6.04. The molecule has 0 saturated heterocycles. The Morgan fingerprint density at radius 2 is 2.08 bits per heavy atom. The van der Waals surface area contributed by atoms with Crippen LogP contribution in [0.2, 0.25) is 0 Å². The van der Waals surface area contributed by atoms with E-state index in [1.807, 2.05) is 0 Å². The predicted octanol–water partition coefficient (Wildman–Crippen LogP) is 2.28. The second-order valence-corrected chi connectivity index (χ2v) is 2.68. The maximum absolute atomic E-state index is 13.1. The highest BCUT2D eigenvalue weighted by molar-refractivity contribution is 5.85. The molecule has 0 amide bonds. The minimum atomic E-state index is -0.315. The topological polar surface area (TPSA) is 35.2 Å². The van der Waals surface area contributed by atoms with Crippen LogP contribution in [-0.4, -0.2) is 7.11 Å². The van der Waals surface area contributed by atoms with Gasteiger partial charge in [0, 0.05) is 17.7 Å². The average molecular weight is 206 g/mol. The normalized spacial score (nSPS) is 11.7. The van der Waals surface area contributed by atoms with Crippen molar-refractivity contribution in [2.24, 2.45) is 5.73 Å². The third-order valence-electron chi connectivity index (χ3n) is 1.70. The summed E-state index contributed by atoms with van der Waals surface area (Å²) in [6, 6.07) is 4.38. The number of hydrogen-bond donors (Lipinski definition) is 1. The molecule has 0 aliphatic heterocycles. The molecule has 2 nitrogen and oxygen atoms in total. The summed E-state index contributed by atoms with van der Waals surface area (Å²) in [5.74, 6) is 0.196. The quantitative estimate of drug-likeness (QED) is 0.804. The summed E-state index contributed by atoms with van der Waals surface area (Å²) in [4.78, 5) is 0. The molecule has 0 bridgehead atoms. The van der Waals surface area contributed by atoms with Gasteiger partial charge in [0.15, 0.2) is 0 Å². The lowest BCUT2D eigenvalue weighted by Gasteiger charge is -2.07. The minimum Gasteiger partial charge on any atom is -0.497 e. The highest BCUT2D eigenvalue weighted by Gasteiger charge is 2.06. The second kappa shape index (κ2) is 5.04. The summed E-state index contributed by atoms with van der Waals surface area (Å²) in [7, 11) is 1.50. The van der Waals surface area contributed by atoms with Gasteiger partial charge in [0.05, 0.1) is 7.11 Å². The second-order valence-electron chi connectivity index (χ2n) is 2.68. The third kappa shape index (κ3) is 2.86. The van der Waals surface area contributed by atoms with Gasteiger partial charge in [-0.3, -0.25) is 0 Å². The minimum absolute atomic E-state index is 0. The maximum atomic E-state index is 13.1. The average Bonchev–Trinajstić information content (AvgIpc) is 2.03. The zero-order valence-electron chi connectivity index (χ0n) is 7.58. The Labute approximate surface area is 83.3 Å². The first-order valence-corrected chi connectivity index (χ1v) is 3.74. The van der Waals surface area contributed by atoms with Crippen LogP contribution in [0.5, 0.6) is 5.75 Å². The number of hydrogen-bond acceptors (Lipinski definition) is 2. The number of rotatable bonds is 2. The summed E-state index contributed by atoms with van der Waals surface area (Å²) in [6.07, 6.45) is 0. The largest absolute Gasteiger partial charge is 0.497 e. The Morgan fingerprint density at radius 1 is 1.46 bits per heavy atom. The Balaban J connectivity index is 0.00000144. The third-order valence-corrected chi connectivity index (χ3v) is 1.70. The van der Waals surface area contributed by atoms with E-state index < -0.39 is 0 Å². The van der Waals surface area contributed by atoms with E-state index in [-0.39, 0.29) is 24.3 Å². The van der Waals surface area contributed by atoms with Crippen molar-refractivity contribution in [2.45, 2.75) is 13.0 Å². The molecule has 1 rings (SSSR count). The zero-order chi connectivity index (χ0) is 9.14. The van der Waals surface area contributed by atoms with Crippen LogP contribution in [0, 0.1) is 5.82 Å². The van der Waals surface area contributed by atoms with Crippen molar-refractivity contribution >= 4 is 12.4 Å². The molecule has 2 N–H and O–H groups in total. The summed E-state index contributed by atoms with van der Waals surface area (Å²) >= 11 is 0. The van der Waals surface area contributed by atoms with Gasteiger partial charge in [-0.1, -0.05) is 6.07 Å². The molecular weight excluding hydrogens is 193 g/mol. The van der Waals surface area contributed by atoms with Gasteiger partial charge in [-0.15, -0.1) is 12.4 Å². The molecule has 1 aromatic carbocycles. The van der Waals surface area contributed by atoms with Crippen LogP contribution in [0.1, 0.15) is 18.5 Å². The van der Waals surface area contributed by atoms with Gasteiger partial charge in [0.2, 0.25) is 0 Å². The lowest BCUT2D eigenvalue weighted by atomic mass is 10.1. The van der Waals surface area contributed by atoms with Crippen molar-refractivity contribution < 1.29 is 9.13 Å². The van der Waals surface area contributed by atoms with Crippen molar-refractivity contribution in [1.82, 2.24) is 0 Å². The van der Waals surface area contributed by atoms with E-state index >= 15 is 0 Å². The summed E-state index contributed by atoms with van der Waals surface area (Å²) in [5, 5.41) is 0. The van der Waals surface area contributed by atoms with Gasteiger partial charge in [0.1, 0.15) is 11.6 Å². The monoisotopic (exact) mass is 205 g/mol. The van der Waals surface area contributed by atoms with Gasteiger partial charge >= 0.3 is 0 Å². The number of benzene rings is 1. The fraction of sp³-hybridized carbons (Fsp3) is 0.333. The molecule has 0 heterocycles. The predicted molar refractivity (Wildman–Crippen MR) is 52.8 cm³/mol. The number of nitrogens with two attached hydrogens (primary N) is 1. The maximum Gasteiger partial charge on any atom is 0.131 e. The van der Waals surface area contributed by atoms with Crippen molar-refractivity contribution in [1.29, 1.82) is 0 Å². The van der Waals surface area contributed by atoms with Gasteiger partial charge in [0.25, 0.3) is 0 Å². The number of methoxy groups -OCH3 is 1. The van der Waals surface area contributed by atoms with Crippen LogP contribution in [0.3, 0.4) is 0 Å². The van der Waals surface area contributed by atoms with Crippen molar-refractivity contribution in [3.63, 3.8) is 0 Å². The SMILES string of the molecule is COc1ccc([C@H](C)N)c(F)c1.Cl. The Morgan fingerprint density at radius 3 is 2.46 bits per heavy atom. The van der Waals surface area contributed by atoms with Gasteiger partial charge in [-0.2, -0.15) is 0 Å². The molecular formula is C9H13ClFNO. The lowest BCUT2D eigenvalue weighted by molar-refractivity contribution is 0.410. The zero-order valence-corrected chi connectivity index (χ0v) is 8.40. The van der Waals surface area contributed by atoms with Crippen molar-refractivity contribution in [3.05, 3.63) is 29.6 Å². The highest BCUT2D eigenvalue weighted by Crippen LogP contribution is 2.19. The lowest BCUT2D eigenvalue weighted by Crippen LogP contribution is -2.07. The van der Waals surface area contributed by atoms with E-state index in [4.69, 9.17) is 10.5 Å².